The van der Waals surface area contributed by atoms with Gasteiger partial charge in [-0.1, -0.05) is 61.0 Å². The minimum atomic E-state index is -0.228. The predicted octanol–water partition coefficient (Wildman–Crippen LogP) is 7.57. The monoisotopic (exact) mass is 484 g/mol. The number of ether oxygens (including phenoxy) is 1. The highest BCUT2D eigenvalue weighted by Gasteiger charge is 2.71. The lowest BCUT2D eigenvalue weighted by Gasteiger charge is -2.70. The van der Waals surface area contributed by atoms with Crippen LogP contribution in [0.1, 0.15) is 114 Å². The van der Waals surface area contributed by atoms with Gasteiger partial charge in [-0.2, -0.15) is 0 Å². The van der Waals surface area contributed by atoms with Crippen molar-refractivity contribution in [3.63, 3.8) is 0 Å². The van der Waals surface area contributed by atoms with Crippen molar-refractivity contribution >= 4 is 5.97 Å². The summed E-state index contributed by atoms with van der Waals surface area (Å²) < 4.78 is 6.36. The van der Waals surface area contributed by atoms with Crippen LogP contribution in [0.2, 0.25) is 0 Å². The highest BCUT2D eigenvalue weighted by Crippen LogP contribution is 2.76. The summed E-state index contributed by atoms with van der Waals surface area (Å²) in [6.45, 7) is 21.2. The summed E-state index contributed by atoms with van der Waals surface area (Å²) in [5.74, 6) is 2.91. The second-order valence-corrected chi connectivity index (χ2v) is 15.3. The number of aliphatic hydroxyl groups is 1. The van der Waals surface area contributed by atoms with Gasteiger partial charge in [0.1, 0.15) is 6.10 Å². The Morgan fingerprint density at radius 2 is 1.60 bits per heavy atom. The van der Waals surface area contributed by atoms with Gasteiger partial charge in [0, 0.05) is 12.3 Å². The smallest absolute Gasteiger partial charge is 0.303 e. The van der Waals surface area contributed by atoms with Crippen molar-refractivity contribution in [2.45, 2.75) is 126 Å². The average molecular weight is 485 g/mol. The minimum absolute atomic E-state index is 0.0453. The zero-order valence-corrected chi connectivity index (χ0v) is 24.0. The summed E-state index contributed by atoms with van der Waals surface area (Å²) >= 11 is 0. The fourth-order valence-electron chi connectivity index (χ4n) is 11.6. The molecule has 0 heterocycles. The molecule has 0 amide bonds. The number of hydrogen-bond acceptors (Lipinski definition) is 3. The van der Waals surface area contributed by atoms with Crippen LogP contribution in [0.5, 0.6) is 0 Å². The Kier molecular flexibility index (Phi) is 5.78. The van der Waals surface area contributed by atoms with Crippen LogP contribution in [0, 0.1) is 56.7 Å². The molecular weight excluding hydrogens is 432 g/mol. The SMILES string of the molecule is CC(=O)OC1C=C2C(CCC3C2(C)CCC(O)C3(C)C)C2(C)CCC3(C)C(C(C)C)CCC3C12C. The summed E-state index contributed by atoms with van der Waals surface area (Å²) in [6, 6.07) is 0. The van der Waals surface area contributed by atoms with E-state index in [1.165, 1.54) is 38.5 Å². The summed E-state index contributed by atoms with van der Waals surface area (Å²) in [5.41, 5.74) is 1.97. The van der Waals surface area contributed by atoms with E-state index in [-0.39, 0.29) is 39.8 Å². The number of esters is 1. The Morgan fingerprint density at radius 1 is 0.943 bits per heavy atom. The van der Waals surface area contributed by atoms with Crippen LogP contribution < -0.4 is 0 Å². The van der Waals surface area contributed by atoms with Crippen molar-refractivity contribution in [3.05, 3.63) is 11.6 Å². The highest BCUT2D eigenvalue weighted by atomic mass is 16.5. The van der Waals surface area contributed by atoms with Gasteiger partial charge in [-0.15, -0.1) is 0 Å². The largest absolute Gasteiger partial charge is 0.458 e. The Hall–Kier alpha value is -0.830. The lowest BCUT2D eigenvalue weighted by molar-refractivity contribution is -0.211. The molecule has 5 rings (SSSR count). The van der Waals surface area contributed by atoms with Crippen LogP contribution >= 0.6 is 0 Å². The lowest BCUT2D eigenvalue weighted by atomic mass is 9.35. The second kappa shape index (κ2) is 7.84. The molecule has 4 fully saturated rings. The molecule has 3 heteroatoms. The highest BCUT2D eigenvalue weighted by molar-refractivity contribution is 5.66. The van der Waals surface area contributed by atoms with Gasteiger partial charge in [0.05, 0.1) is 6.10 Å². The van der Waals surface area contributed by atoms with E-state index in [4.69, 9.17) is 4.74 Å². The van der Waals surface area contributed by atoms with E-state index in [1.54, 1.807) is 12.5 Å². The van der Waals surface area contributed by atoms with Crippen molar-refractivity contribution in [2.75, 3.05) is 0 Å². The van der Waals surface area contributed by atoms with E-state index in [0.29, 0.717) is 29.1 Å². The first kappa shape index (κ1) is 25.8. The molecule has 0 spiro atoms. The zero-order valence-electron chi connectivity index (χ0n) is 24.0. The van der Waals surface area contributed by atoms with E-state index in [1.807, 2.05) is 0 Å². The number of allylic oxidation sites excluding steroid dienone is 1. The number of fused-ring (bicyclic) bond motifs is 7. The number of aliphatic hydroxyl groups excluding tert-OH is 1. The molecule has 4 saturated carbocycles. The van der Waals surface area contributed by atoms with E-state index in [9.17, 15) is 9.90 Å². The summed E-state index contributed by atoms with van der Waals surface area (Å²) in [6.07, 6.45) is 11.5. The van der Waals surface area contributed by atoms with Gasteiger partial charge in [0.25, 0.3) is 0 Å². The topological polar surface area (TPSA) is 46.5 Å². The van der Waals surface area contributed by atoms with E-state index >= 15 is 0 Å². The average Bonchev–Trinajstić information content (AvgIpc) is 3.12. The van der Waals surface area contributed by atoms with Crippen LogP contribution in [0.4, 0.5) is 0 Å². The van der Waals surface area contributed by atoms with Crippen LogP contribution in [-0.2, 0) is 9.53 Å². The van der Waals surface area contributed by atoms with Crippen molar-refractivity contribution in [3.8, 4) is 0 Å². The molecule has 3 nitrogen and oxygen atoms in total. The van der Waals surface area contributed by atoms with Crippen LogP contribution in [0.25, 0.3) is 0 Å². The molecule has 0 aromatic heterocycles. The molecule has 0 aromatic carbocycles. The number of hydrogen-bond donors (Lipinski definition) is 1. The maximum atomic E-state index is 12.6. The van der Waals surface area contributed by atoms with Crippen LogP contribution in [0.15, 0.2) is 11.6 Å². The van der Waals surface area contributed by atoms with Gasteiger partial charge in [0.15, 0.2) is 0 Å². The fraction of sp³-hybridized carbons (Fsp3) is 0.906. The molecule has 198 valence electrons. The molecule has 1 N–H and O–H groups in total. The van der Waals surface area contributed by atoms with Crippen molar-refractivity contribution in [2.24, 2.45) is 56.7 Å². The zero-order chi connectivity index (χ0) is 25.8. The Labute approximate surface area is 214 Å². The molecule has 0 aromatic rings. The van der Waals surface area contributed by atoms with Gasteiger partial charge in [-0.25, -0.2) is 0 Å². The van der Waals surface area contributed by atoms with Gasteiger partial charge in [-0.3, -0.25) is 4.79 Å². The fourth-order valence-corrected chi connectivity index (χ4v) is 11.6. The van der Waals surface area contributed by atoms with E-state index in [2.05, 4.69) is 61.5 Å². The predicted molar refractivity (Wildman–Crippen MR) is 142 cm³/mol. The molecule has 0 aliphatic heterocycles. The molecule has 35 heavy (non-hydrogen) atoms. The quantitative estimate of drug-likeness (QED) is 0.325. The maximum absolute atomic E-state index is 12.6. The third kappa shape index (κ3) is 3.15. The summed E-state index contributed by atoms with van der Waals surface area (Å²) in [4.78, 5) is 12.6. The second-order valence-electron chi connectivity index (χ2n) is 15.3. The normalized spacial score (nSPS) is 52.6. The number of carbonyl (C=O) groups excluding carboxylic acids is 1. The molecule has 0 radical (unpaired) electrons. The molecule has 10 atom stereocenters. The summed E-state index contributed by atoms with van der Waals surface area (Å²) in [5, 5.41) is 10.9. The molecule has 0 bridgehead atoms. The van der Waals surface area contributed by atoms with Crippen LogP contribution in [0.3, 0.4) is 0 Å². The van der Waals surface area contributed by atoms with E-state index in [0.717, 1.165) is 18.8 Å². The van der Waals surface area contributed by atoms with Gasteiger partial charge in [-0.05, 0) is 109 Å². The third-order valence-electron chi connectivity index (χ3n) is 13.6. The third-order valence-corrected chi connectivity index (χ3v) is 13.6. The maximum Gasteiger partial charge on any atom is 0.303 e. The van der Waals surface area contributed by atoms with E-state index < -0.39 is 0 Å². The van der Waals surface area contributed by atoms with Crippen molar-refractivity contribution < 1.29 is 14.6 Å². The Balaban J connectivity index is 1.66. The number of carbonyl (C=O) groups is 1. The van der Waals surface area contributed by atoms with Gasteiger partial charge < -0.3 is 9.84 Å². The summed E-state index contributed by atoms with van der Waals surface area (Å²) in [7, 11) is 0. The Bertz CT molecular complexity index is 918. The van der Waals surface area contributed by atoms with Crippen LogP contribution in [-0.4, -0.2) is 23.3 Å². The molecule has 10 unspecified atom stereocenters. The van der Waals surface area contributed by atoms with Gasteiger partial charge in [0.2, 0.25) is 0 Å². The molecule has 5 aliphatic carbocycles. The first-order chi connectivity index (χ1) is 16.1. The Morgan fingerprint density at radius 3 is 2.23 bits per heavy atom. The first-order valence-electron chi connectivity index (χ1n) is 14.7. The molecule has 5 aliphatic rings. The lowest BCUT2D eigenvalue weighted by Crippen LogP contribution is -2.66. The molecule has 0 saturated heterocycles. The van der Waals surface area contributed by atoms with Gasteiger partial charge >= 0.3 is 5.97 Å². The number of rotatable bonds is 2. The van der Waals surface area contributed by atoms with Crippen molar-refractivity contribution in [1.29, 1.82) is 0 Å². The standard InChI is InChI=1S/C32H52O3/c1-19(2)21-10-13-25-30(21,7)16-17-31(8)22-11-12-24-28(4,5)26(34)14-15-29(24,6)23(22)18-27(32(25,31)9)35-20(3)33/h18-19,21-22,24-27,34H,10-17H2,1-9H3. The van der Waals surface area contributed by atoms with Crippen molar-refractivity contribution in [1.82, 2.24) is 0 Å². The first-order valence-corrected chi connectivity index (χ1v) is 14.7. The molecular formula is C32H52O3. The minimum Gasteiger partial charge on any atom is -0.458 e.